The molecule has 3 aromatic carbocycles. The van der Waals surface area contributed by atoms with Crippen LogP contribution in [0.5, 0.6) is 5.75 Å². The lowest BCUT2D eigenvalue weighted by atomic mass is 10.3. The lowest BCUT2D eigenvalue weighted by Crippen LogP contribution is -2.38. The van der Waals surface area contributed by atoms with Gasteiger partial charge in [-0.05, 0) is 66.7 Å². The Labute approximate surface area is 189 Å². The van der Waals surface area contributed by atoms with Crippen molar-refractivity contribution in [1.82, 2.24) is 0 Å². The number of benzene rings is 3. The number of anilines is 2. The fraction of sp³-hybridized carbons (Fsp3) is 0.0952. The van der Waals surface area contributed by atoms with Crippen molar-refractivity contribution in [1.29, 1.82) is 0 Å². The van der Waals surface area contributed by atoms with Crippen molar-refractivity contribution in [3.63, 3.8) is 0 Å². The molecule has 0 saturated carbocycles. The van der Waals surface area contributed by atoms with Gasteiger partial charge in [0.2, 0.25) is 5.91 Å². The summed E-state index contributed by atoms with van der Waals surface area (Å²) in [4.78, 5) is 12.5. The van der Waals surface area contributed by atoms with Crippen LogP contribution in [-0.4, -0.2) is 28.0 Å². The molecule has 0 spiro atoms. The van der Waals surface area contributed by atoms with Gasteiger partial charge in [0.25, 0.3) is 10.0 Å². The number of methoxy groups -OCH3 is 1. The summed E-state index contributed by atoms with van der Waals surface area (Å²) in [5, 5.41) is 3.21. The predicted molar refractivity (Wildman–Crippen MR) is 119 cm³/mol. The number of rotatable bonds is 7. The van der Waals surface area contributed by atoms with Crippen LogP contribution in [-0.2, 0) is 14.8 Å². The normalized spacial score (nSPS) is 11.1. The van der Waals surface area contributed by atoms with Crippen LogP contribution >= 0.6 is 23.2 Å². The summed E-state index contributed by atoms with van der Waals surface area (Å²) in [6.45, 7) is -0.545. The first-order valence-corrected chi connectivity index (χ1v) is 11.1. The molecule has 162 valence electrons. The molecule has 0 radical (unpaired) electrons. The van der Waals surface area contributed by atoms with Crippen LogP contribution < -0.4 is 14.4 Å². The van der Waals surface area contributed by atoms with Crippen LogP contribution in [0.25, 0.3) is 0 Å². The molecule has 3 aromatic rings. The van der Waals surface area contributed by atoms with Crippen LogP contribution in [0, 0.1) is 5.82 Å². The number of hydrogen-bond donors (Lipinski definition) is 1. The fourth-order valence-corrected chi connectivity index (χ4v) is 4.70. The molecule has 0 fully saturated rings. The summed E-state index contributed by atoms with van der Waals surface area (Å²) in [7, 11) is -2.70. The lowest BCUT2D eigenvalue weighted by Gasteiger charge is -2.24. The van der Waals surface area contributed by atoms with E-state index in [0.717, 1.165) is 28.6 Å². The van der Waals surface area contributed by atoms with Crippen molar-refractivity contribution in [2.45, 2.75) is 4.90 Å². The highest BCUT2D eigenvalue weighted by molar-refractivity contribution is 7.92. The third-order valence-electron chi connectivity index (χ3n) is 4.20. The first-order chi connectivity index (χ1) is 14.7. The Morgan fingerprint density at radius 1 is 1.00 bits per heavy atom. The summed E-state index contributed by atoms with van der Waals surface area (Å²) in [6.07, 6.45) is 0. The van der Waals surface area contributed by atoms with E-state index in [4.69, 9.17) is 27.9 Å². The second-order valence-corrected chi connectivity index (χ2v) is 9.11. The van der Waals surface area contributed by atoms with Crippen molar-refractivity contribution in [2.75, 3.05) is 23.3 Å². The van der Waals surface area contributed by atoms with Gasteiger partial charge in [-0.25, -0.2) is 12.8 Å². The Kier molecular flexibility index (Phi) is 7.04. The maximum Gasteiger partial charge on any atom is 0.264 e. The summed E-state index contributed by atoms with van der Waals surface area (Å²) < 4.78 is 45.8. The molecule has 0 saturated heterocycles. The molecule has 0 aromatic heterocycles. The molecule has 31 heavy (non-hydrogen) atoms. The van der Waals surface area contributed by atoms with E-state index < -0.39 is 28.3 Å². The van der Waals surface area contributed by atoms with E-state index in [-0.39, 0.29) is 10.6 Å². The number of amides is 1. The van der Waals surface area contributed by atoms with E-state index in [9.17, 15) is 17.6 Å². The standard InChI is InChI=1S/C21H17Cl2FN2O4S/c1-30-19-6-4-18(5-7-19)26(31(28,29)20-8-2-16(24)3-9-20)13-21(27)25-17-11-14(22)10-15(23)12-17/h2-12H,13H2,1H3,(H,25,27). The van der Waals surface area contributed by atoms with Gasteiger partial charge in [0.1, 0.15) is 18.1 Å². The van der Waals surface area contributed by atoms with Crippen LogP contribution in [0.1, 0.15) is 0 Å². The van der Waals surface area contributed by atoms with Crippen LogP contribution in [0.3, 0.4) is 0 Å². The minimum atomic E-state index is -4.18. The van der Waals surface area contributed by atoms with Gasteiger partial charge in [-0.3, -0.25) is 9.10 Å². The molecule has 1 N–H and O–H groups in total. The predicted octanol–water partition coefficient (Wildman–Crippen LogP) is 4.98. The summed E-state index contributed by atoms with van der Waals surface area (Å²) in [6, 6.07) is 14.9. The zero-order valence-electron chi connectivity index (χ0n) is 16.2. The van der Waals surface area contributed by atoms with Gasteiger partial charge in [0.15, 0.2) is 0 Å². The Balaban J connectivity index is 1.94. The third-order valence-corrected chi connectivity index (χ3v) is 6.42. The van der Waals surface area contributed by atoms with Crippen molar-refractivity contribution in [3.8, 4) is 5.75 Å². The smallest absolute Gasteiger partial charge is 0.264 e. The summed E-state index contributed by atoms with van der Waals surface area (Å²) in [5.41, 5.74) is 0.542. The minimum Gasteiger partial charge on any atom is -0.497 e. The maximum atomic E-state index is 13.3. The van der Waals surface area contributed by atoms with Crippen molar-refractivity contribution in [2.24, 2.45) is 0 Å². The third kappa shape index (κ3) is 5.66. The Hall–Kier alpha value is -2.81. The quantitative estimate of drug-likeness (QED) is 0.515. The maximum absolute atomic E-state index is 13.3. The van der Waals surface area contributed by atoms with Crippen molar-refractivity contribution >= 4 is 50.5 Å². The molecular weight excluding hydrogens is 466 g/mol. The summed E-state index contributed by atoms with van der Waals surface area (Å²) in [5.74, 6) is -0.689. The highest BCUT2D eigenvalue weighted by Gasteiger charge is 2.27. The van der Waals surface area contributed by atoms with E-state index in [1.807, 2.05) is 0 Å². The molecule has 0 unspecified atom stereocenters. The average molecular weight is 483 g/mol. The number of carbonyl (C=O) groups excluding carboxylic acids is 1. The molecule has 1 amide bonds. The average Bonchev–Trinajstić information content (AvgIpc) is 2.71. The van der Waals surface area contributed by atoms with Crippen molar-refractivity contribution < 1.29 is 22.3 Å². The molecule has 0 aliphatic rings. The topological polar surface area (TPSA) is 75.7 Å². The van der Waals surface area contributed by atoms with Gasteiger partial charge in [-0.2, -0.15) is 0 Å². The number of sulfonamides is 1. The molecule has 10 heteroatoms. The Morgan fingerprint density at radius 3 is 2.13 bits per heavy atom. The Bertz CT molecular complexity index is 1170. The first-order valence-electron chi connectivity index (χ1n) is 8.87. The van der Waals surface area contributed by atoms with Crippen molar-refractivity contribution in [3.05, 3.63) is 82.6 Å². The first kappa shape index (κ1) is 22.9. The molecule has 0 aliphatic carbocycles. The van der Waals surface area contributed by atoms with E-state index in [1.54, 1.807) is 12.1 Å². The van der Waals surface area contributed by atoms with Crippen LogP contribution in [0.2, 0.25) is 10.0 Å². The zero-order valence-corrected chi connectivity index (χ0v) is 18.5. The van der Waals surface area contributed by atoms with E-state index >= 15 is 0 Å². The van der Waals surface area contributed by atoms with Gasteiger partial charge in [0.05, 0.1) is 17.7 Å². The Morgan fingerprint density at radius 2 is 1.58 bits per heavy atom. The monoisotopic (exact) mass is 482 g/mol. The highest BCUT2D eigenvalue weighted by atomic mass is 35.5. The van der Waals surface area contributed by atoms with Gasteiger partial charge >= 0.3 is 0 Å². The number of halogens is 3. The van der Waals surface area contributed by atoms with Crippen LogP contribution in [0.4, 0.5) is 15.8 Å². The second-order valence-electron chi connectivity index (χ2n) is 6.37. The summed E-state index contributed by atoms with van der Waals surface area (Å²) >= 11 is 11.9. The highest BCUT2D eigenvalue weighted by Crippen LogP contribution is 2.27. The molecular formula is C21H17Cl2FN2O4S. The van der Waals surface area contributed by atoms with Gasteiger partial charge in [-0.15, -0.1) is 0 Å². The minimum absolute atomic E-state index is 0.164. The SMILES string of the molecule is COc1ccc(N(CC(=O)Nc2cc(Cl)cc(Cl)c2)S(=O)(=O)c2ccc(F)cc2)cc1. The number of nitrogens with one attached hydrogen (secondary N) is 1. The largest absolute Gasteiger partial charge is 0.497 e. The number of carbonyl (C=O) groups is 1. The van der Waals surface area contributed by atoms with Crippen LogP contribution in [0.15, 0.2) is 71.6 Å². The molecule has 0 aliphatic heterocycles. The molecule has 0 bridgehead atoms. The second kappa shape index (κ2) is 9.55. The van der Waals surface area contributed by atoms with Gasteiger partial charge in [0, 0.05) is 15.7 Å². The zero-order chi connectivity index (χ0) is 22.6. The van der Waals surface area contributed by atoms with E-state index in [2.05, 4.69) is 5.32 Å². The fourth-order valence-electron chi connectivity index (χ4n) is 2.75. The number of hydrogen-bond acceptors (Lipinski definition) is 4. The van der Waals surface area contributed by atoms with Gasteiger partial charge in [-0.1, -0.05) is 23.2 Å². The molecule has 6 nitrogen and oxygen atoms in total. The molecule has 0 atom stereocenters. The van der Waals surface area contributed by atoms with E-state index in [0.29, 0.717) is 21.5 Å². The number of nitrogens with zero attached hydrogens (tertiary/aromatic N) is 1. The molecule has 3 rings (SSSR count). The molecule has 0 heterocycles. The van der Waals surface area contributed by atoms with Gasteiger partial charge < -0.3 is 10.1 Å². The number of ether oxygens (including phenoxy) is 1. The van der Waals surface area contributed by atoms with E-state index in [1.165, 1.54) is 37.4 Å². The lowest BCUT2D eigenvalue weighted by molar-refractivity contribution is -0.114.